The van der Waals surface area contributed by atoms with E-state index in [0.29, 0.717) is 0 Å². The predicted molar refractivity (Wildman–Crippen MR) is 87.8 cm³/mol. The van der Waals surface area contributed by atoms with Gasteiger partial charge in [-0.3, -0.25) is 34.2 Å². The maximum atomic E-state index is 12.9. The lowest BCUT2D eigenvalue weighted by Crippen LogP contribution is -2.68. The third kappa shape index (κ3) is 2.40. The van der Waals surface area contributed by atoms with E-state index < -0.39 is 29.2 Å². The molecule has 134 valence electrons. The Labute approximate surface area is 148 Å². The van der Waals surface area contributed by atoms with Gasteiger partial charge in [0, 0.05) is 12.3 Å². The van der Waals surface area contributed by atoms with Crippen molar-refractivity contribution in [3.63, 3.8) is 0 Å². The molecule has 2 N–H and O–H groups in total. The fraction of sp³-hybridized carbons (Fsp3) is 0.389. The van der Waals surface area contributed by atoms with Crippen molar-refractivity contribution in [3.8, 4) is 0 Å². The van der Waals surface area contributed by atoms with Gasteiger partial charge in [0.25, 0.3) is 17.7 Å². The minimum atomic E-state index is -1.61. The van der Waals surface area contributed by atoms with Crippen LogP contribution in [0.25, 0.3) is 0 Å². The number of nitrogens with one attached hydrogen (secondary N) is 2. The Kier molecular flexibility index (Phi) is 3.64. The molecule has 3 aliphatic rings. The number of benzene rings is 1. The molecule has 1 unspecified atom stereocenters. The van der Waals surface area contributed by atoms with Gasteiger partial charge in [-0.25, -0.2) is 0 Å². The minimum absolute atomic E-state index is 0.0154. The molecule has 8 heteroatoms. The molecule has 2 aliphatic heterocycles. The molecule has 1 atom stereocenters. The topological polar surface area (TPSA) is 113 Å². The maximum absolute atomic E-state index is 12.9. The van der Waals surface area contributed by atoms with Crippen LogP contribution in [0, 0.1) is 5.92 Å². The van der Waals surface area contributed by atoms with Gasteiger partial charge in [-0.15, -0.1) is 0 Å². The largest absolute Gasteiger partial charge is 0.353 e. The van der Waals surface area contributed by atoms with Crippen molar-refractivity contribution in [1.29, 1.82) is 0 Å². The molecule has 1 saturated heterocycles. The number of rotatable bonds is 4. The Balaban J connectivity index is 1.70. The third-order valence-electron chi connectivity index (χ3n) is 5.17. The van der Waals surface area contributed by atoms with Crippen LogP contribution in [0.2, 0.25) is 0 Å². The highest BCUT2D eigenvalue weighted by Gasteiger charge is 2.55. The van der Waals surface area contributed by atoms with Crippen LogP contribution in [-0.4, -0.2) is 46.5 Å². The number of amides is 5. The van der Waals surface area contributed by atoms with Crippen molar-refractivity contribution in [2.75, 3.05) is 6.54 Å². The van der Waals surface area contributed by atoms with E-state index in [1.165, 1.54) is 12.1 Å². The fourth-order valence-electron chi connectivity index (χ4n) is 3.50. The zero-order valence-electron chi connectivity index (χ0n) is 13.9. The first-order valence-electron chi connectivity index (χ1n) is 8.54. The van der Waals surface area contributed by atoms with Crippen LogP contribution in [0.5, 0.6) is 0 Å². The summed E-state index contributed by atoms with van der Waals surface area (Å²) in [7, 11) is 0. The van der Waals surface area contributed by atoms with Crippen molar-refractivity contribution >= 4 is 29.5 Å². The van der Waals surface area contributed by atoms with Gasteiger partial charge in [-0.05, 0) is 31.4 Å². The standard InChI is InChI=1S/C18H17N3O5/c22-13-7-8-18(17(26)20-13,9-19-14(23)10-5-6-10)21-15(24)11-3-1-2-4-12(11)16(21)25/h1-4,10H,5-9H2,(H,19,23)(H,20,22,26). The molecule has 1 aromatic carbocycles. The monoisotopic (exact) mass is 355 g/mol. The van der Waals surface area contributed by atoms with Gasteiger partial charge < -0.3 is 5.32 Å². The number of fused-ring (bicyclic) bond motifs is 1. The van der Waals surface area contributed by atoms with E-state index in [0.717, 1.165) is 17.7 Å². The average Bonchev–Trinajstić information content (AvgIpc) is 3.44. The van der Waals surface area contributed by atoms with Crippen LogP contribution in [0.4, 0.5) is 0 Å². The number of piperidine rings is 1. The van der Waals surface area contributed by atoms with E-state index in [4.69, 9.17) is 0 Å². The summed E-state index contributed by atoms with van der Waals surface area (Å²) >= 11 is 0. The Morgan fingerprint density at radius 1 is 1.12 bits per heavy atom. The van der Waals surface area contributed by atoms with E-state index in [9.17, 15) is 24.0 Å². The Morgan fingerprint density at radius 2 is 1.73 bits per heavy atom. The lowest BCUT2D eigenvalue weighted by atomic mass is 9.86. The van der Waals surface area contributed by atoms with Crippen LogP contribution in [0.3, 0.4) is 0 Å². The van der Waals surface area contributed by atoms with E-state index in [-0.39, 0.29) is 42.3 Å². The minimum Gasteiger partial charge on any atom is -0.353 e. The van der Waals surface area contributed by atoms with Gasteiger partial charge in [0.2, 0.25) is 11.8 Å². The zero-order chi connectivity index (χ0) is 18.5. The van der Waals surface area contributed by atoms with E-state index in [1.54, 1.807) is 12.1 Å². The summed E-state index contributed by atoms with van der Waals surface area (Å²) in [6, 6.07) is 6.33. The van der Waals surface area contributed by atoms with Crippen LogP contribution in [0.15, 0.2) is 24.3 Å². The lowest BCUT2D eigenvalue weighted by molar-refractivity contribution is -0.141. The molecule has 1 saturated carbocycles. The molecule has 5 amide bonds. The van der Waals surface area contributed by atoms with Gasteiger partial charge in [0.1, 0.15) is 5.54 Å². The smallest absolute Gasteiger partial charge is 0.262 e. The molecule has 0 spiro atoms. The van der Waals surface area contributed by atoms with Crippen LogP contribution in [0.1, 0.15) is 46.4 Å². The zero-order valence-corrected chi connectivity index (χ0v) is 13.9. The Hall–Kier alpha value is -3.03. The van der Waals surface area contributed by atoms with Crippen molar-refractivity contribution in [2.24, 2.45) is 5.92 Å². The molecule has 0 radical (unpaired) electrons. The van der Waals surface area contributed by atoms with Gasteiger partial charge in [-0.2, -0.15) is 0 Å². The van der Waals surface area contributed by atoms with Gasteiger partial charge in [0.15, 0.2) is 0 Å². The van der Waals surface area contributed by atoms with E-state index in [1.807, 2.05) is 0 Å². The summed E-state index contributed by atoms with van der Waals surface area (Å²) in [5.74, 6) is -2.66. The van der Waals surface area contributed by atoms with Crippen LogP contribution in [-0.2, 0) is 14.4 Å². The summed E-state index contributed by atoms with van der Waals surface area (Å²) < 4.78 is 0. The molecule has 4 rings (SSSR count). The molecule has 1 aromatic rings. The Bertz CT molecular complexity index is 825. The quantitative estimate of drug-likeness (QED) is 0.738. The summed E-state index contributed by atoms with van der Waals surface area (Å²) in [5, 5.41) is 4.90. The predicted octanol–water partition coefficient (Wildman–Crippen LogP) is -0.0158. The molecular weight excluding hydrogens is 338 g/mol. The molecule has 26 heavy (non-hydrogen) atoms. The van der Waals surface area contributed by atoms with Gasteiger partial charge in [-0.1, -0.05) is 12.1 Å². The van der Waals surface area contributed by atoms with Crippen LogP contribution >= 0.6 is 0 Å². The highest BCUT2D eigenvalue weighted by Crippen LogP contribution is 2.35. The van der Waals surface area contributed by atoms with Crippen molar-refractivity contribution in [1.82, 2.24) is 15.5 Å². The normalized spacial score (nSPS) is 25.2. The van der Waals surface area contributed by atoms with E-state index >= 15 is 0 Å². The highest BCUT2D eigenvalue weighted by atomic mass is 16.2. The third-order valence-corrected chi connectivity index (χ3v) is 5.17. The molecule has 1 aliphatic carbocycles. The summed E-state index contributed by atoms with van der Waals surface area (Å²) in [4.78, 5) is 63.0. The first kappa shape index (κ1) is 16.4. The first-order chi connectivity index (χ1) is 12.4. The number of hydrogen-bond acceptors (Lipinski definition) is 5. The van der Waals surface area contributed by atoms with Crippen LogP contribution < -0.4 is 10.6 Å². The number of carbonyl (C=O) groups is 5. The van der Waals surface area contributed by atoms with Crippen molar-refractivity contribution in [2.45, 2.75) is 31.2 Å². The summed E-state index contributed by atoms with van der Waals surface area (Å²) in [5.41, 5.74) is -1.17. The number of imide groups is 2. The molecule has 2 fully saturated rings. The lowest BCUT2D eigenvalue weighted by Gasteiger charge is -2.41. The van der Waals surface area contributed by atoms with Crippen molar-refractivity contribution in [3.05, 3.63) is 35.4 Å². The molecule has 0 bridgehead atoms. The fourth-order valence-corrected chi connectivity index (χ4v) is 3.50. The second-order valence-electron chi connectivity index (χ2n) is 6.89. The average molecular weight is 355 g/mol. The highest BCUT2D eigenvalue weighted by molar-refractivity contribution is 6.24. The molecule has 8 nitrogen and oxygen atoms in total. The molecular formula is C18H17N3O5. The maximum Gasteiger partial charge on any atom is 0.262 e. The van der Waals surface area contributed by atoms with Gasteiger partial charge in [0.05, 0.1) is 17.7 Å². The summed E-state index contributed by atoms with van der Waals surface area (Å²) in [6.45, 7) is -0.201. The number of nitrogens with zero attached hydrogens (tertiary/aromatic N) is 1. The second kappa shape index (κ2) is 5.76. The first-order valence-corrected chi connectivity index (χ1v) is 8.54. The molecule has 0 aromatic heterocycles. The SMILES string of the molecule is O=C1CCC(CNC(=O)C2CC2)(N2C(=O)c3ccccc3C2=O)C(=O)N1. The molecule has 2 heterocycles. The number of carbonyl (C=O) groups excluding carboxylic acids is 5. The summed E-state index contributed by atoms with van der Waals surface area (Å²) in [6.07, 6.45) is 1.54. The Morgan fingerprint density at radius 3 is 2.27 bits per heavy atom. The number of hydrogen-bond donors (Lipinski definition) is 2. The van der Waals surface area contributed by atoms with Crippen molar-refractivity contribution < 1.29 is 24.0 Å². The van der Waals surface area contributed by atoms with E-state index in [2.05, 4.69) is 10.6 Å². The van der Waals surface area contributed by atoms with Gasteiger partial charge >= 0.3 is 0 Å². The second-order valence-corrected chi connectivity index (χ2v) is 6.89.